The Morgan fingerprint density at radius 1 is 0.900 bits per heavy atom. The first kappa shape index (κ1) is 26.7. The molecule has 0 aliphatic carbocycles. The zero-order valence-corrected chi connectivity index (χ0v) is 19.8. The number of hydrogen-bond donors (Lipinski definition) is 2. The van der Waals surface area contributed by atoms with Crippen molar-refractivity contribution in [2.75, 3.05) is 6.54 Å². The van der Waals surface area contributed by atoms with Crippen LogP contribution < -0.4 is 23.9 Å². The Bertz CT molecular complexity index is 586. The molecule has 1 aliphatic heterocycles. The van der Waals surface area contributed by atoms with Gasteiger partial charge in [0, 0.05) is 6.42 Å². The summed E-state index contributed by atoms with van der Waals surface area (Å²) in [5.74, 6) is 1.83. The summed E-state index contributed by atoms with van der Waals surface area (Å²) in [6.45, 7) is 3.15. The van der Waals surface area contributed by atoms with E-state index >= 15 is 0 Å². The minimum absolute atomic E-state index is 0. The third-order valence-corrected chi connectivity index (χ3v) is 6.11. The highest BCUT2D eigenvalue weighted by molar-refractivity contribution is 5.70. The summed E-state index contributed by atoms with van der Waals surface area (Å²) in [6, 6.07) is 0.0533. The SMILES string of the molecule is CCCCCCCCCCCCCCCCc1noc([C@@H]2CCC[N+]2=C(N)N)n1.[Cl-]. The number of nitrogens with two attached hydrogens (primary N) is 2. The lowest BCUT2D eigenvalue weighted by atomic mass is 10.0. The number of unbranched alkanes of at least 4 members (excludes halogenated alkanes) is 13. The van der Waals surface area contributed by atoms with Crippen molar-refractivity contribution in [3.05, 3.63) is 11.7 Å². The van der Waals surface area contributed by atoms with E-state index in [-0.39, 0.29) is 18.4 Å². The predicted molar refractivity (Wildman–Crippen MR) is 119 cm³/mol. The lowest BCUT2D eigenvalue weighted by Crippen LogP contribution is -3.00. The van der Waals surface area contributed by atoms with Gasteiger partial charge in [0.25, 0.3) is 5.89 Å². The number of rotatable bonds is 16. The lowest BCUT2D eigenvalue weighted by Gasteiger charge is -2.06. The fraction of sp³-hybridized carbons (Fsp3) is 0.870. The average Bonchev–Trinajstić information content (AvgIpc) is 3.37. The van der Waals surface area contributed by atoms with E-state index in [1.165, 1.54) is 83.5 Å². The molecule has 1 fully saturated rings. The molecule has 0 radical (unpaired) electrons. The number of halogens is 1. The predicted octanol–water partition coefficient (Wildman–Crippen LogP) is 2.22. The Morgan fingerprint density at radius 2 is 1.43 bits per heavy atom. The molecule has 1 aromatic rings. The van der Waals surface area contributed by atoms with E-state index in [2.05, 4.69) is 17.1 Å². The van der Waals surface area contributed by atoms with Gasteiger partial charge in [0.2, 0.25) is 0 Å². The molecule has 1 aromatic heterocycles. The molecule has 6 nitrogen and oxygen atoms in total. The zero-order valence-electron chi connectivity index (χ0n) is 19.1. The number of aryl methyl sites for hydroxylation is 1. The fourth-order valence-electron chi connectivity index (χ4n) is 4.31. The molecule has 0 aromatic carbocycles. The summed E-state index contributed by atoms with van der Waals surface area (Å²) in [5, 5.41) is 4.15. The van der Waals surface area contributed by atoms with Crippen LogP contribution in [0.1, 0.15) is 127 Å². The van der Waals surface area contributed by atoms with Gasteiger partial charge in [0.05, 0.1) is 6.54 Å². The molecule has 2 heterocycles. The third-order valence-electron chi connectivity index (χ3n) is 6.11. The first-order chi connectivity index (χ1) is 14.2. The smallest absolute Gasteiger partial charge is 0.341 e. The van der Waals surface area contributed by atoms with Crippen LogP contribution in [-0.4, -0.2) is 27.2 Å². The summed E-state index contributed by atoms with van der Waals surface area (Å²) < 4.78 is 7.43. The van der Waals surface area contributed by atoms with Crippen LogP contribution >= 0.6 is 0 Å². The maximum Gasteiger partial charge on any atom is 0.341 e. The van der Waals surface area contributed by atoms with E-state index in [1.54, 1.807) is 0 Å². The Morgan fingerprint density at radius 3 is 1.97 bits per heavy atom. The fourth-order valence-corrected chi connectivity index (χ4v) is 4.31. The molecule has 30 heavy (non-hydrogen) atoms. The molecule has 174 valence electrons. The second-order valence-electron chi connectivity index (χ2n) is 8.67. The van der Waals surface area contributed by atoms with E-state index < -0.39 is 0 Å². The number of guanidine groups is 1. The quantitative estimate of drug-likeness (QED) is 0.233. The molecule has 0 saturated carbocycles. The normalized spacial score (nSPS) is 16.0. The molecule has 1 saturated heterocycles. The largest absolute Gasteiger partial charge is 1.00 e. The second kappa shape index (κ2) is 16.4. The van der Waals surface area contributed by atoms with E-state index in [1.807, 2.05) is 4.58 Å². The maximum absolute atomic E-state index is 5.76. The van der Waals surface area contributed by atoms with Crippen LogP contribution in [0.3, 0.4) is 0 Å². The van der Waals surface area contributed by atoms with Crippen molar-refractivity contribution in [1.29, 1.82) is 0 Å². The number of nitrogens with zero attached hydrogens (tertiary/aromatic N) is 3. The Kier molecular flexibility index (Phi) is 14.6. The van der Waals surface area contributed by atoms with Crippen molar-refractivity contribution in [1.82, 2.24) is 10.1 Å². The molecular weight excluding hydrogens is 398 g/mol. The molecule has 0 amide bonds. The highest BCUT2D eigenvalue weighted by atomic mass is 35.5. The van der Waals surface area contributed by atoms with Crippen LogP contribution in [0.25, 0.3) is 0 Å². The van der Waals surface area contributed by atoms with Crippen LogP contribution in [0.5, 0.6) is 0 Å². The lowest BCUT2D eigenvalue weighted by molar-refractivity contribution is -0.555. The van der Waals surface area contributed by atoms with Crippen LogP contribution in [0.4, 0.5) is 0 Å². The van der Waals surface area contributed by atoms with E-state index in [0.29, 0.717) is 11.9 Å². The van der Waals surface area contributed by atoms with Gasteiger partial charge in [0.1, 0.15) is 0 Å². The van der Waals surface area contributed by atoms with Crippen molar-refractivity contribution in [2.24, 2.45) is 11.5 Å². The van der Waals surface area contributed by atoms with Crippen molar-refractivity contribution in [2.45, 2.75) is 122 Å². The molecule has 1 atom stereocenters. The molecular formula is C23H44ClN5O. The third kappa shape index (κ3) is 10.1. The standard InChI is InChI=1S/C23H43N5O.ClH/c1-2-3-4-5-6-7-8-9-10-11-12-13-14-15-18-21-26-22(29-27-21)20-17-16-19-28(20)23(24)25;/h20H,2-19H2,1H3,(H3,24,25);1H/t20-;/m0./s1. The molecule has 2 rings (SSSR count). The Hall–Kier alpha value is -1.30. The van der Waals surface area contributed by atoms with Crippen molar-refractivity contribution >= 4 is 5.96 Å². The number of hydrogen-bond acceptors (Lipinski definition) is 3. The summed E-state index contributed by atoms with van der Waals surface area (Å²) in [6.07, 6.45) is 22.1. The molecule has 0 bridgehead atoms. The van der Waals surface area contributed by atoms with Crippen LogP contribution in [0.15, 0.2) is 4.52 Å². The summed E-state index contributed by atoms with van der Waals surface area (Å²) in [7, 11) is 0. The van der Waals surface area contributed by atoms with Crippen molar-refractivity contribution in [3.63, 3.8) is 0 Å². The highest BCUT2D eigenvalue weighted by Gasteiger charge is 2.31. The maximum atomic E-state index is 5.76. The summed E-state index contributed by atoms with van der Waals surface area (Å²) in [5.41, 5.74) is 11.5. The van der Waals surface area contributed by atoms with Crippen molar-refractivity contribution < 1.29 is 21.5 Å². The first-order valence-electron chi connectivity index (χ1n) is 12.2. The van der Waals surface area contributed by atoms with E-state index in [9.17, 15) is 0 Å². The molecule has 7 heteroatoms. The summed E-state index contributed by atoms with van der Waals surface area (Å²) in [4.78, 5) is 4.58. The van der Waals surface area contributed by atoms with Gasteiger partial charge in [-0.3, -0.25) is 16.0 Å². The van der Waals surface area contributed by atoms with Gasteiger partial charge in [-0.1, -0.05) is 95.6 Å². The first-order valence-corrected chi connectivity index (χ1v) is 12.2. The van der Waals surface area contributed by atoms with Crippen LogP contribution in [0.2, 0.25) is 0 Å². The molecule has 1 aliphatic rings. The molecule has 4 N–H and O–H groups in total. The van der Waals surface area contributed by atoms with Crippen LogP contribution in [-0.2, 0) is 6.42 Å². The number of aromatic nitrogens is 2. The summed E-state index contributed by atoms with van der Waals surface area (Å²) >= 11 is 0. The van der Waals surface area contributed by atoms with Gasteiger partial charge >= 0.3 is 5.96 Å². The second-order valence-corrected chi connectivity index (χ2v) is 8.67. The van der Waals surface area contributed by atoms with E-state index in [4.69, 9.17) is 16.0 Å². The van der Waals surface area contributed by atoms with Gasteiger partial charge in [-0.05, 0) is 19.3 Å². The minimum atomic E-state index is 0. The highest BCUT2D eigenvalue weighted by Crippen LogP contribution is 2.27. The van der Waals surface area contributed by atoms with Crippen LogP contribution in [0, 0.1) is 0 Å². The van der Waals surface area contributed by atoms with E-state index in [0.717, 1.165) is 38.1 Å². The molecule has 0 unspecified atom stereocenters. The van der Waals surface area contributed by atoms with Gasteiger partial charge < -0.3 is 16.9 Å². The average molecular weight is 442 g/mol. The van der Waals surface area contributed by atoms with Crippen molar-refractivity contribution in [3.8, 4) is 0 Å². The van der Waals surface area contributed by atoms with Gasteiger partial charge in [-0.15, -0.1) is 0 Å². The Balaban J connectivity index is 0.00000450. The van der Waals surface area contributed by atoms with Gasteiger partial charge in [0.15, 0.2) is 11.9 Å². The van der Waals surface area contributed by atoms with Gasteiger partial charge in [-0.25, -0.2) is 0 Å². The van der Waals surface area contributed by atoms with Gasteiger partial charge in [-0.2, -0.15) is 4.98 Å². The minimum Gasteiger partial charge on any atom is -1.00 e. The topological polar surface area (TPSA) is 94.0 Å². The molecule has 0 spiro atoms. The zero-order chi connectivity index (χ0) is 20.7. The monoisotopic (exact) mass is 441 g/mol. The Labute approximate surface area is 189 Å².